The van der Waals surface area contributed by atoms with Crippen LogP contribution in [0, 0.1) is 0 Å². The van der Waals surface area contributed by atoms with Gasteiger partial charge in [0.2, 0.25) is 0 Å². The van der Waals surface area contributed by atoms with E-state index in [1.54, 1.807) is 0 Å². The van der Waals surface area contributed by atoms with Crippen molar-refractivity contribution in [3.05, 3.63) is 0 Å². The number of hydrogen-bond donors (Lipinski definition) is 0. The second-order valence-corrected chi connectivity index (χ2v) is 3.82. The highest BCUT2D eigenvalue weighted by molar-refractivity contribution is 5.80. The van der Waals surface area contributed by atoms with E-state index < -0.39 is 0 Å². The number of guanidine groups is 1. The zero-order valence-corrected chi connectivity index (χ0v) is 12.9. The molecule has 0 radical (unpaired) electrons. The van der Waals surface area contributed by atoms with E-state index in [9.17, 15) is 0 Å². The van der Waals surface area contributed by atoms with Crippen LogP contribution in [-0.2, 0) is 4.74 Å². The molecule has 108 valence electrons. The van der Waals surface area contributed by atoms with Crippen LogP contribution < -0.4 is 0 Å². The second kappa shape index (κ2) is 11.3. The van der Waals surface area contributed by atoms with Crippen LogP contribution >= 0.6 is 0 Å². The van der Waals surface area contributed by atoms with Gasteiger partial charge in [0.05, 0.1) is 13.2 Å². The van der Waals surface area contributed by atoms with Gasteiger partial charge in [-0.05, 0) is 12.8 Å². The smallest absolute Gasteiger partial charge is 0.196 e. The number of nitrogens with zero attached hydrogens (tertiary/aromatic N) is 3. The minimum Gasteiger partial charge on any atom is -0.378 e. The standard InChI is InChI=1S/C10H19N3O.2C2H6/c1-11-10(12-4-2-3-5-12)13-6-8-14-9-7-13;2*1-2/h2-9H2,1H3;2*1-2H3. The molecule has 0 spiro atoms. The average molecular weight is 257 g/mol. The molecule has 0 aromatic heterocycles. The summed E-state index contributed by atoms with van der Waals surface area (Å²) in [4.78, 5) is 9.14. The normalized spacial score (nSPS) is 19.7. The topological polar surface area (TPSA) is 28.1 Å². The number of aliphatic imine (C=N–C) groups is 1. The van der Waals surface area contributed by atoms with Gasteiger partial charge in [-0.2, -0.15) is 0 Å². The molecular formula is C14H31N3O. The first-order chi connectivity index (χ1) is 8.92. The van der Waals surface area contributed by atoms with Crippen molar-refractivity contribution >= 4 is 5.96 Å². The van der Waals surface area contributed by atoms with Gasteiger partial charge in [0.25, 0.3) is 0 Å². The molecule has 0 unspecified atom stereocenters. The lowest BCUT2D eigenvalue weighted by Crippen LogP contribution is -2.48. The summed E-state index contributed by atoms with van der Waals surface area (Å²) >= 11 is 0. The van der Waals surface area contributed by atoms with Crippen LogP contribution in [0.5, 0.6) is 0 Å². The fourth-order valence-electron chi connectivity index (χ4n) is 2.16. The third kappa shape index (κ3) is 5.25. The molecule has 2 fully saturated rings. The Balaban J connectivity index is 0.000000659. The Hall–Kier alpha value is -0.770. The first-order valence-electron chi connectivity index (χ1n) is 7.46. The van der Waals surface area contributed by atoms with Gasteiger partial charge >= 0.3 is 0 Å². The van der Waals surface area contributed by atoms with Crippen LogP contribution in [0.2, 0.25) is 0 Å². The molecule has 4 nitrogen and oxygen atoms in total. The van der Waals surface area contributed by atoms with Gasteiger partial charge in [0.15, 0.2) is 5.96 Å². The molecule has 2 aliphatic heterocycles. The third-order valence-electron chi connectivity index (χ3n) is 2.88. The van der Waals surface area contributed by atoms with Crippen molar-refractivity contribution in [2.45, 2.75) is 40.5 Å². The fourth-order valence-corrected chi connectivity index (χ4v) is 2.16. The van der Waals surface area contributed by atoms with Crippen LogP contribution in [0.3, 0.4) is 0 Å². The zero-order valence-electron chi connectivity index (χ0n) is 12.9. The monoisotopic (exact) mass is 257 g/mol. The Morgan fingerprint density at radius 1 is 0.833 bits per heavy atom. The Kier molecular flexibility index (Phi) is 10.8. The molecule has 0 aromatic rings. The number of hydrogen-bond acceptors (Lipinski definition) is 2. The molecule has 2 rings (SSSR count). The van der Waals surface area contributed by atoms with Crippen molar-refractivity contribution in [1.29, 1.82) is 0 Å². The predicted octanol–water partition coefficient (Wildman–Crippen LogP) is 2.45. The van der Waals surface area contributed by atoms with E-state index in [1.807, 2.05) is 34.7 Å². The molecule has 0 amide bonds. The van der Waals surface area contributed by atoms with Crippen molar-refractivity contribution in [1.82, 2.24) is 9.80 Å². The van der Waals surface area contributed by atoms with E-state index in [1.165, 1.54) is 31.9 Å². The zero-order chi connectivity index (χ0) is 13.8. The van der Waals surface area contributed by atoms with Gasteiger partial charge < -0.3 is 14.5 Å². The lowest BCUT2D eigenvalue weighted by molar-refractivity contribution is 0.0629. The van der Waals surface area contributed by atoms with Crippen molar-refractivity contribution in [2.75, 3.05) is 46.4 Å². The van der Waals surface area contributed by atoms with Crippen molar-refractivity contribution in [3.63, 3.8) is 0 Å². The summed E-state index contributed by atoms with van der Waals surface area (Å²) in [6.07, 6.45) is 2.62. The van der Waals surface area contributed by atoms with Crippen LogP contribution in [0.1, 0.15) is 40.5 Å². The molecule has 0 aliphatic carbocycles. The Morgan fingerprint density at radius 2 is 1.28 bits per heavy atom. The van der Waals surface area contributed by atoms with Gasteiger partial charge in [0.1, 0.15) is 0 Å². The maximum absolute atomic E-state index is 5.34. The van der Waals surface area contributed by atoms with Gasteiger partial charge in [-0.1, -0.05) is 27.7 Å². The maximum Gasteiger partial charge on any atom is 0.196 e. The summed E-state index contributed by atoms with van der Waals surface area (Å²) in [6.45, 7) is 14.0. The minimum atomic E-state index is 0.840. The molecule has 0 bridgehead atoms. The minimum absolute atomic E-state index is 0.840. The van der Waals surface area contributed by atoms with E-state index in [2.05, 4.69) is 14.8 Å². The lowest BCUT2D eigenvalue weighted by Gasteiger charge is -2.34. The summed E-state index contributed by atoms with van der Waals surface area (Å²) in [5.41, 5.74) is 0. The number of ether oxygens (including phenoxy) is 1. The van der Waals surface area contributed by atoms with Crippen molar-refractivity contribution < 1.29 is 4.74 Å². The van der Waals surface area contributed by atoms with Gasteiger partial charge in [0, 0.05) is 33.2 Å². The third-order valence-corrected chi connectivity index (χ3v) is 2.88. The molecule has 4 heteroatoms. The van der Waals surface area contributed by atoms with Crippen molar-refractivity contribution in [3.8, 4) is 0 Å². The van der Waals surface area contributed by atoms with E-state index in [0.717, 1.165) is 26.3 Å². The van der Waals surface area contributed by atoms with Crippen LogP contribution in [0.15, 0.2) is 4.99 Å². The molecule has 2 heterocycles. The number of likely N-dealkylation sites (tertiary alicyclic amines) is 1. The summed E-state index contributed by atoms with van der Waals surface area (Å²) in [6, 6.07) is 0. The van der Waals surface area contributed by atoms with Gasteiger partial charge in [-0.25, -0.2) is 0 Å². The molecule has 18 heavy (non-hydrogen) atoms. The second-order valence-electron chi connectivity index (χ2n) is 3.82. The highest BCUT2D eigenvalue weighted by atomic mass is 16.5. The van der Waals surface area contributed by atoms with Gasteiger partial charge in [-0.3, -0.25) is 4.99 Å². The van der Waals surface area contributed by atoms with Crippen LogP contribution in [0.25, 0.3) is 0 Å². The predicted molar refractivity (Wildman–Crippen MR) is 79.3 cm³/mol. The quantitative estimate of drug-likeness (QED) is 0.493. The molecule has 2 saturated heterocycles. The Morgan fingerprint density at radius 3 is 1.72 bits per heavy atom. The molecular weight excluding hydrogens is 226 g/mol. The van der Waals surface area contributed by atoms with Crippen molar-refractivity contribution in [2.24, 2.45) is 4.99 Å². The summed E-state index contributed by atoms with van der Waals surface area (Å²) < 4.78 is 5.34. The van der Waals surface area contributed by atoms with Crippen LogP contribution in [-0.4, -0.2) is 62.2 Å². The summed E-state index contributed by atoms with van der Waals surface area (Å²) in [5, 5.41) is 0. The highest BCUT2D eigenvalue weighted by Gasteiger charge is 2.22. The number of rotatable bonds is 0. The molecule has 2 aliphatic rings. The van der Waals surface area contributed by atoms with E-state index in [4.69, 9.17) is 4.74 Å². The average Bonchev–Trinajstić information content (AvgIpc) is 2.99. The summed E-state index contributed by atoms with van der Waals surface area (Å²) in [5.74, 6) is 1.17. The molecule has 0 atom stereocenters. The highest BCUT2D eigenvalue weighted by Crippen LogP contribution is 2.11. The SMILES string of the molecule is CC.CC.CN=C(N1CCCC1)N1CCOCC1. The lowest BCUT2D eigenvalue weighted by atomic mass is 10.4. The largest absolute Gasteiger partial charge is 0.378 e. The first kappa shape index (κ1) is 17.2. The molecule has 0 N–H and O–H groups in total. The maximum atomic E-state index is 5.34. The summed E-state index contributed by atoms with van der Waals surface area (Å²) in [7, 11) is 1.89. The van der Waals surface area contributed by atoms with E-state index in [0.29, 0.717) is 0 Å². The van der Waals surface area contributed by atoms with E-state index >= 15 is 0 Å². The van der Waals surface area contributed by atoms with Gasteiger partial charge in [-0.15, -0.1) is 0 Å². The van der Waals surface area contributed by atoms with E-state index in [-0.39, 0.29) is 0 Å². The number of morpholine rings is 1. The first-order valence-corrected chi connectivity index (χ1v) is 7.46. The molecule has 0 aromatic carbocycles. The fraction of sp³-hybridized carbons (Fsp3) is 0.929. The Bertz CT molecular complexity index is 207. The van der Waals surface area contributed by atoms with Crippen LogP contribution in [0.4, 0.5) is 0 Å². The Labute approximate surface area is 113 Å². The molecule has 0 saturated carbocycles.